The SMILES string of the molecule is CCC[C@H](N)C(=O)NCc1ccc(C(=O)OC)cc1. The number of esters is 1. The van der Waals surface area contributed by atoms with Gasteiger partial charge in [0.2, 0.25) is 5.91 Å². The highest BCUT2D eigenvalue weighted by atomic mass is 16.5. The van der Waals surface area contributed by atoms with Crippen molar-refractivity contribution in [1.29, 1.82) is 0 Å². The Morgan fingerprint density at radius 1 is 1.32 bits per heavy atom. The average molecular weight is 264 g/mol. The van der Waals surface area contributed by atoms with Crippen molar-refractivity contribution in [1.82, 2.24) is 5.32 Å². The number of hydrogen-bond acceptors (Lipinski definition) is 4. The molecule has 0 aromatic heterocycles. The molecule has 1 aromatic carbocycles. The third-order valence-corrected chi connectivity index (χ3v) is 2.78. The lowest BCUT2D eigenvalue weighted by Crippen LogP contribution is -2.40. The molecule has 0 radical (unpaired) electrons. The number of benzene rings is 1. The summed E-state index contributed by atoms with van der Waals surface area (Å²) in [6, 6.07) is 6.42. The molecule has 1 atom stereocenters. The maximum absolute atomic E-state index is 11.6. The van der Waals surface area contributed by atoms with E-state index in [2.05, 4.69) is 10.1 Å². The molecule has 0 saturated carbocycles. The number of hydrogen-bond donors (Lipinski definition) is 2. The fraction of sp³-hybridized carbons (Fsp3) is 0.429. The highest BCUT2D eigenvalue weighted by molar-refractivity contribution is 5.89. The minimum absolute atomic E-state index is 0.154. The highest BCUT2D eigenvalue weighted by Gasteiger charge is 2.11. The first kappa shape index (κ1) is 15.2. The number of amides is 1. The Balaban J connectivity index is 2.50. The number of nitrogens with two attached hydrogens (primary N) is 1. The van der Waals surface area contributed by atoms with Crippen molar-refractivity contribution < 1.29 is 14.3 Å². The fourth-order valence-electron chi connectivity index (χ4n) is 1.64. The summed E-state index contributed by atoms with van der Waals surface area (Å²) < 4.78 is 4.61. The minimum Gasteiger partial charge on any atom is -0.465 e. The Labute approximate surface area is 113 Å². The van der Waals surface area contributed by atoms with Gasteiger partial charge in [-0.3, -0.25) is 4.79 Å². The van der Waals surface area contributed by atoms with Crippen molar-refractivity contribution in [2.45, 2.75) is 32.4 Å². The van der Waals surface area contributed by atoms with Gasteiger partial charge in [0.15, 0.2) is 0 Å². The van der Waals surface area contributed by atoms with Crippen LogP contribution >= 0.6 is 0 Å². The second-order valence-corrected chi connectivity index (χ2v) is 4.30. The van der Waals surface area contributed by atoms with Crippen LogP contribution in [-0.2, 0) is 16.1 Å². The molecule has 0 saturated heterocycles. The Hall–Kier alpha value is -1.88. The molecule has 0 unspecified atom stereocenters. The van der Waals surface area contributed by atoms with Gasteiger partial charge in [-0.25, -0.2) is 4.79 Å². The monoisotopic (exact) mass is 264 g/mol. The van der Waals surface area contributed by atoms with E-state index in [1.54, 1.807) is 24.3 Å². The number of nitrogens with one attached hydrogen (secondary N) is 1. The third kappa shape index (κ3) is 4.71. The third-order valence-electron chi connectivity index (χ3n) is 2.78. The zero-order valence-corrected chi connectivity index (χ0v) is 11.3. The molecule has 0 spiro atoms. The molecule has 0 aliphatic rings. The van der Waals surface area contributed by atoms with Crippen LogP contribution in [0.15, 0.2) is 24.3 Å². The van der Waals surface area contributed by atoms with Gasteiger partial charge in [0.25, 0.3) is 0 Å². The van der Waals surface area contributed by atoms with E-state index < -0.39 is 6.04 Å². The Morgan fingerprint density at radius 3 is 2.47 bits per heavy atom. The highest BCUT2D eigenvalue weighted by Crippen LogP contribution is 2.05. The molecule has 5 heteroatoms. The molecule has 0 aliphatic heterocycles. The van der Waals surface area contributed by atoms with Crippen molar-refractivity contribution in [3.8, 4) is 0 Å². The summed E-state index contributed by atoms with van der Waals surface area (Å²) in [6.07, 6.45) is 1.55. The van der Waals surface area contributed by atoms with E-state index in [0.717, 1.165) is 12.0 Å². The van der Waals surface area contributed by atoms with Gasteiger partial charge in [-0.1, -0.05) is 25.5 Å². The Bertz CT molecular complexity index is 429. The van der Waals surface area contributed by atoms with Gasteiger partial charge >= 0.3 is 5.97 Å². The Morgan fingerprint density at radius 2 is 1.95 bits per heavy atom. The van der Waals surface area contributed by atoms with Crippen molar-refractivity contribution in [2.24, 2.45) is 5.73 Å². The van der Waals surface area contributed by atoms with Crippen LogP contribution in [0.2, 0.25) is 0 Å². The quantitative estimate of drug-likeness (QED) is 0.757. The van der Waals surface area contributed by atoms with Crippen LogP contribution in [-0.4, -0.2) is 25.0 Å². The van der Waals surface area contributed by atoms with Gasteiger partial charge < -0.3 is 15.8 Å². The van der Waals surface area contributed by atoms with Crippen molar-refractivity contribution in [2.75, 3.05) is 7.11 Å². The second kappa shape index (κ2) is 7.53. The number of carbonyl (C=O) groups is 2. The van der Waals surface area contributed by atoms with E-state index in [1.165, 1.54) is 7.11 Å². The summed E-state index contributed by atoms with van der Waals surface area (Å²) in [5.74, 6) is -0.528. The van der Waals surface area contributed by atoms with E-state index in [-0.39, 0.29) is 11.9 Å². The standard InChI is InChI=1S/C14H20N2O3/c1-3-4-12(15)13(17)16-9-10-5-7-11(8-6-10)14(18)19-2/h5-8,12H,3-4,9,15H2,1-2H3,(H,16,17)/t12-/m0/s1. The van der Waals surface area contributed by atoms with E-state index in [1.807, 2.05) is 6.92 Å². The summed E-state index contributed by atoms with van der Waals surface area (Å²) in [6.45, 7) is 2.39. The molecular formula is C14H20N2O3. The van der Waals surface area contributed by atoms with E-state index in [9.17, 15) is 9.59 Å². The van der Waals surface area contributed by atoms with Gasteiger partial charge in [0.1, 0.15) is 0 Å². The molecule has 1 aromatic rings. The zero-order valence-electron chi connectivity index (χ0n) is 11.3. The van der Waals surface area contributed by atoms with Gasteiger partial charge in [0, 0.05) is 6.54 Å². The van der Waals surface area contributed by atoms with Crippen LogP contribution in [0, 0.1) is 0 Å². The number of methoxy groups -OCH3 is 1. The smallest absolute Gasteiger partial charge is 0.337 e. The van der Waals surface area contributed by atoms with Gasteiger partial charge in [-0.15, -0.1) is 0 Å². The summed E-state index contributed by atoms with van der Waals surface area (Å²) in [5, 5.41) is 2.77. The van der Waals surface area contributed by atoms with Crippen LogP contribution in [0.25, 0.3) is 0 Å². The number of rotatable bonds is 6. The number of carbonyl (C=O) groups excluding carboxylic acids is 2. The van der Waals surface area contributed by atoms with E-state index in [4.69, 9.17) is 5.73 Å². The van der Waals surface area contributed by atoms with Crippen LogP contribution in [0.1, 0.15) is 35.7 Å². The molecule has 19 heavy (non-hydrogen) atoms. The lowest BCUT2D eigenvalue weighted by Gasteiger charge is -2.11. The first-order valence-electron chi connectivity index (χ1n) is 6.29. The molecule has 1 amide bonds. The minimum atomic E-state index is -0.459. The predicted molar refractivity (Wildman–Crippen MR) is 72.5 cm³/mol. The summed E-state index contributed by atoms with van der Waals surface area (Å²) in [7, 11) is 1.34. The Kier molecular flexibility index (Phi) is 6.02. The van der Waals surface area contributed by atoms with Crippen molar-refractivity contribution >= 4 is 11.9 Å². The molecular weight excluding hydrogens is 244 g/mol. The topological polar surface area (TPSA) is 81.4 Å². The molecule has 0 heterocycles. The lowest BCUT2D eigenvalue weighted by molar-refractivity contribution is -0.122. The summed E-state index contributed by atoms with van der Waals surface area (Å²) >= 11 is 0. The normalized spacial score (nSPS) is 11.7. The molecule has 1 rings (SSSR count). The van der Waals surface area contributed by atoms with Crippen LogP contribution in [0.5, 0.6) is 0 Å². The predicted octanol–water partition coefficient (Wildman–Crippen LogP) is 1.22. The molecule has 0 bridgehead atoms. The first-order valence-corrected chi connectivity index (χ1v) is 6.29. The largest absolute Gasteiger partial charge is 0.465 e. The van der Waals surface area contributed by atoms with Crippen molar-refractivity contribution in [3.05, 3.63) is 35.4 Å². The maximum atomic E-state index is 11.6. The molecule has 5 nitrogen and oxygen atoms in total. The van der Waals surface area contributed by atoms with Crippen LogP contribution < -0.4 is 11.1 Å². The summed E-state index contributed by atoms with van der Waals surface area (Å²) in [5.41, 5.74) is 7.09. The van der Waals surface area contributed by atoms with Gasteiger partial charge in [-0.05, 0) is 24.1 Å². The zero-order chi connectivity index (χ0) is 14.3. The average Bonchev–Trinajstić information content (AvgIpc) is 2.44. The maximum Gasteiger partial charge on any atom is 0.337 e. The molecule has 0 fully saturated rings. The van der Waals surface area contributed by atoms with E-state index in [0.29, 0.717) is 18.5 Å². The fourth-order valence-corrected chi connectivity index (χ4v) is 1.64. The molecule has 0 aliphatic carbocycles. The van der Waals surface area contributed by atoms with Gasteiger partial charge in [0.05, 0.1) is 18.7 Å². The number of ether oxygens (including phenoxy) is 1. The van der Waals surface area contributed by atoms with Crippen molar-refractivity contribution in [3.63, 3.8) is 0 Å². The lowest BCUT2D eigenvalue weighted by atomic mass is 10.1. The van der Waals surface area contributed by atoms with Crippen LogP contribution in [0.4, 0.5) is 0 Å². The second-order valence-electron chi connectivity index (χ2n) is 4.30. The van der Waals surface area contributed by atoms with Gasteiger partial charge in [-0.2, -0.15) is 0 Å². The first-order chi connectivity index (χ1) is 9.08. The summed E-state index contributed by atoms with van der Waals surface area (Å²) in [4.78, 5) is 22.9. The molecule has 104 valence electrons. The molecule has 3 N–H and O–H groups in total. The van der Waals surface area contributed by atoms with E-state index >= 15 is 0 Å². The van der Waals surface area contributed by atoms with Crippen LogP contribution in [0.3, 0.4) is 0 Å².